The van der Waals surface area contributed by atoms with Crippen molar-refractivity contribution in [1.82, 2.24) is 4.90 Å². The molecule has 0 saturated carbocycles. The van der Waals surface area contributed by atoms with Crippen LogP contribution in [0.4, 0.5) is 11.4 Å². The lowest BCUT2D eigenvalue weighted by Crippen LogP contribution is -2.31. The number of amides is 2. The van der Waals surface area contributed by atoms with Gasteiger partial charge in [-0.1, -0.05) is 32.9 Å². The topological polar surface area (TPSA) is 106 Å². The molecule has 2 aromatic carbocycles. The zero-order valence-electron chi connectivity index (χ0n) is 18.5. The molecule has 33 heavy (non-hydrogen) atoms. The number of imide groups is 1. The van der Waals surface area contributed by atoms with Crippen LogP contribution in [0, 0.1) is 10.1 Å². The minimum Gasteiger partial charge on any atom is -0.467 e. The predicted octanol–water partition coefficient (Wildman–Crippen LogP) is 4.88. The number of furan rings is 1. The van der Waals surface area contributed by atoms with Gasteiger partial charge in [-0.05, 0) is 52.9 Å². The maximum Gasteiger partial charge on any atom is 0.278 e. The summed E-state index contributed by atoms with van der Waals surface area (Å²) in [5, 5.41) is 14.1. The molecule has 3 aromatic rings. The zero-order chi connectivity index (χ0) is 23.8. The molecular formula is C25H23N3O5. The Balaban J connectivity index is 1.72. The minimum atomic E-state index is -0.515. The Kier molecular flexibility index (Phi) is 5.59. The molecule has 4 rings (SSSR count). The molecule has 0 radical (unpaired) electrons. The summed E-state index contributed by atoms with van der Waals surface area (Å²) >= 11 is 0. The number of anilines is 1. The average molecular weight is 445 g/mol. The highest BCUT2D eigenvalue weighted by atomic mass is 16.6. The Bertz CT molecular complexity index is 1230. The zero-order valence-corrected chi connectivity index (χ0v) is 18.5. The van der Waals surface area contributed by atoms with Gasteiger partial charge >= 0.3 is 0 Å². The Morgan fingerprint density at radius 1 is 0.970 bits per heavy atom. The molecule has 2 heterocycles. The first kappa shape index (κ1) is 22.0. The van der Waals surface area contributed by atoms with Crippen molar-refractivity contribution in [2.24, 2.45) is 0 Å². The number of nitrogens with zero attached hydrogens (tertiary/aromatic N) is 2. The third-order valence-electron chi connectivity index (χ3n) is 5.45. The average Bonchev–Trinajstić information content (AvgIpc) is 3.37. The van der Waals surface area contributed by atoms with Crippen LogP contribution in [0.1, 0.15) is 37.7 Å². The molecule has 1 N–H and O–H groups in total. The molecule has 1 aliphatic rings. The van der Waals surface area contributed by atoms with Gasteiger partial charge in [-0.25, -0.2) is 0 Å². The van der Waals surface area contributed by atoms with Gasteiger partial charge < -0.3 is 9.73 Å². The fourth-order valence-corrected chi connectivity index (χ4v) is 3.61. The summed E-state index contributed by atoms with van der Waals surface area (Å²) in [6, 6.07) is 16.6. The van der Waals surface area contributed by atoms with Crippen molar-refractivity contribution in [3.05, 3.63) is 99.6 Å². The van der Waals surface area contributed by atoms with E-state index in [2.05, 4.69) is 26.1 Å². The summed E-state index contributed by atoms with van der Waals surface area (Å²) in [4.78, 5) is 38.2. The summed E-state index contributed by atoms with van der Waals surface area (Å²) in [5.41, 5.74) is 2.33. The van der Waals surface area contributed by atoms with Crippen LogP contribution in [0.3, 0.4) is 0 Å². The largest absolute Gasteiger partial charge is 0.467 e. The molecule has 8 heteroatoms. The summed E-state index contributed by atoms with van der Waals surface area (Å²) in [5.74, 6) is -0.528. The predicted molar refractivity (Wildman–Crippen MR) is 123 cm³/mol. The van der Waals surface area contributed by atoms with E-state index in [1.54, 1.807) is 12.1 Å². The SMILES string of the molecule is CC(C)(C)c1ccc(NC2=C(c3ccc([N+](=O)[O-])cc3)C(=O)N(Cc3ccco3)C2=O)cc1. The summed E-state index contributed by atoms with van der Waals surface area (Å²) in [6.45, 7) is 6.30. The summed E-state index contributed by atoms with van der Waals surface area (Å²) in [7, 11) is 0. The quantitative estimate of drug-likeness (QED) is 0.329. The molecule has 0 bridgehead atoms. The Morgan fingerprint density at radius 3 is 2.18 bits per heavy atom. The standard InChI is InChI=1S/C25H23N3O5/c1-25(2,3)17-8-10-18(11-9-17)26-22-21(16-6-12-19(13-7-16)28(31)32)23(29)27(24(22)30)15-20-5-4-14-33-20/h4-14,26H,15H2,1-3H3. The second-order valence-corrected chi connectivity index (χ2v) is 8.78. The molecule has 8 nitrogen and oxygen atoms in total. The molecule has 1 aromatic heterocycles. The summed E-state index contributed by atoms with van der Waals surface area (Å²) < 4.78 is 5.31. The number of hydrogen-bond donors (Lipinski definition) is 1. The van der Waals surface area contributed by atoms with Crippen LogP contribution in [0.5, 0.6) is 0 Å². The van der Waals surface area contributed by atoms with Crippen LogP contribution in [0.25, 0.3) is 5.57 Å². The van der Waals surface area contributed by atoms with E-state index in [0.29, 0.717) is 17.0 Å². The lowest BCUT2D eigenvalue weighted by molar-refractivity contribution is -0.384. The van der Waals surface area contributed by atoms with Crippen molar-refractivity contribution in [2.75, 3.05) is 5.32 Å². The molecule has 168 valence electrons. The van der Waals surface area contributed by atoms with Crippen LogP contribution in [0.15, 0.2) is 77.0 Å². The van der Waals surface area contributed by atoms with Crippen LogP contribution in [0.2, 0.25) is 0 Å². The second kappa shape index (κ2) is 8.38. The molecule has 0 unspecified atom stereocenters. The highest BCUT2D eigenvalue weighted by Gasteiger charge is 2.39. The lowest BCUT2D eigenvalue weighted by Gasteiger charge is -2.19. The van der Waals surface area contributed by atoms with Crippen molar-refractivity contribution in [3.63, 3.8) is 0 Å². The van der Waals surface area contributed by atoms with Crippen molar-refractivity contribution in [2.45, 2.75) is 32.7 Å². The third kappa shape index (κ3) is 4.41. The van der Waals surface area contributed by atoms with Gasteiger partial charge in [0, 0.05) is 17.8 Å². The normalized spacial score (nSPS) is 14.2. The first-order chi connectivity index (χ1) is 15.6. The first-order valence-corrected chi connectivity index (χ1v) is 10.4. The summed E-state index contributed by atoms with van der Waals surface area (Å²) in [6.07, 6.45) is 1.47. The fraction of sp³-hybridized carbons (Fsp3) is 0.200. The van der Waals surface area contributed by atoms with E-state index in [4.69, 9.17) is 4.42 Å². The Morgan fingerprint density at radius 2 is 1.64 bits per heavy atom. The maximum atomic E-state index is 13.3. The number of carbonyl (C=O) groups excluding carboxylic acids is 2. The van der Waals surface area contributed by atoms with Gasteiger partial charge in [-0.2, -0.15) is 0 Å². The molecule has 0 fully saturated rings. The first-order valence-electron chi connectivity index (χ1n) is 10.4. The number of hydrogen-bond acceptors (Lipinski definition) is 6. The number of carbonyl (C=O) groups is 2. The minimum absolute atomic E-state index is 0.0186. The van der Waals surface area contributed by atoms with Gasteiger partial charge in [0.25, 0.3) is 17.5 Å². The molecule has 0 saturated heterocycles. The van der Waals surface area contributed by atoms with Crippen LogP contribution in [-0.2, 0) is 21.5 Å². The van der Waals surface area contributed by atoms with Crippen LogP contribution >= 0.6 is 0 Å². The van der Waals surface area contributed by atoms with Crippen LogP contribution in [-0.4, -0.2) is 21.6 Å². The highest BCUT2D eigenvalue weighted by molar-refractivity contribution is 6.36. The number of nitro benzene ring substituents is 1. The lowest BCUT2D eigenvalue weighted by atomic mass is 9.87. The molecule has 2 amide bonds. The van der Waals surface area contributed by atoms with Crippen molar-refractivity contribution >= 4 is 28.8 Å². The number of rotatable bonds is 6. The van der Waals surface area contributed by atoms with Gasteiger partial charge in [0.2, 0.25) is 0 Å². The molecule has 0 atom stereocenters. The van der Waals surface area contributed by atoms with E-state index in [1.807, 2.05) is 24.3 Å². The molecular weight excluding hydrogens is 422 g/mol. The van der Waals surface area contributed by atoms with E-state index in [-0.39, 0.29) is 28.9 Å². The monoisotopic (exact) mass is 445 g/mol. The van der Waals surface area contributed by atoms with Gasteiger partial charge in [0.1, 0.15) is 11.5 Å². The second-order valence-electron chi connectivity index (χ2n) is 8.78. The fourth-order valence-electron chi connectivity index (χ4n) is 3.61. The number of non-ortho nitro benzene ring substituents is 1. The molecule has 1 aliphatic heterocycles. The van der Waals surface area contributed by atoms with Gasteiger partial charge in [0.15, 0.2) is 0 Å². The van der Waals surface area contributed by atoms with Gasteiger partial charge in [-0.15, -0.1) is 0 Å². The Hall–Kier alpha value is -4.20. The van der Waals surface area contributed by atoms with Crippen molar-refractivity contribution in [3.8, 4) is 0 Å². The number of nitrogens with one attached hydrogen (secondary N) is 1. The maximum absolute atomic E-state index is 13.3. The van der Waals surface area contributed by atoms with Gasteiger partial charge in [0.05, 0.1) is 23.3 Å². The van der Waals surface area contributed by atoms with Crippen molar-refractivity contribution in [1.29, 1.82) is 0 Å². The van der Waals surface area contributed by atoms with E-state index in [9.17, 15) is 19.7 Å². The van der Waals surface area contributed by atoms with E-state index in [1.165, 1.54) is 30.5 Å². The van der Waals surface area contributed by atoms with Crippen molar-refractivity contribution < 1.29 is 18.9 Å². The van der Waals surface area contributed by atoms with E-state index < -0.39 is 16.7 Å². The third-order valence-corrected chi connectivity index (χ3v) is 5.45. The number of nitro groups is 1. The number of benzene rings is 2. The molecule has 0 aliphatic carbocycles. The Labute approximate surface area is 190 Å². The smallest absolute Gasteiger partial charge is 0.278 e. The van der Waals surface area contributed by atoms with E-state index in [0.717, 1.165) is 10.5 Å². The van der Waals surface area contributed by atoms with Crippen LogP contribution < -0.4 is 5.32 Å². The van der Waals surface area contributed by atoms with E-state index >= 15 is 0 Å². The highest BCUT2D eigenvalue weighted by Crippen LogP contribution is 2.33. The molecule has 0 spiro atoms. The van der Waals surface area contributed by atoms with Gasteiger partial charge in [-0.3, -0.25) is 24.6 Å².